The van der Waals surface area contributed by atoms with E-state index in [4.69, 9.17) is 23.7 Å². The molecule has 8 nitrogen and oxygen atoms in total. The smallest absolute Gasteiger partial charge is 0.264 e. The Labute approximate surface area is 213 Å². The summed E-state index contributed by atoms with van der Waals surface area (Å²) in [4.78, 5) is 16.9. The SMILES string of the molecule is COc1ccc(/C=C\c2cc(OC)c(OC)c(OC)c2)cc1OCC(=O)Nc1nc2ccccc2s1. The zero-order valence-corrected chi connectivity index (χ0v) is 21.2. The molecule has 0 atom stereocenters. The molecule has 1 aromatic heterocycles. The highest BCUT2D eigenvalue weighted by atomic mass is 32.1. The second-order valence-electron chi connectivity index (χ2n) is 7.53. The molecule has 1 N–H and O–H groups in total. The van der Waals surface area contributed by atoms with Crippen LogP contribution in [0.5, 0.6) is 28.7 Å². The first-order chi connectivity index (χ1) is 17.5. The van der Waals surface area contributed by atoms with Crippen molar-refractivity contribution in [3.05, 3.63) is 65.7 Å². The Morgan fingerprint density at radius 1 is 0.833 bits per heavy atom. The molecular weight excluding hydrogens is 480 g/mol. The van der Waals surface area contributed by atoms with E-state index in [1.165, 1.54) is 11.3 Å². The molecule has 0 saturated heterocycles. The van der Waals surface area contributed by atoms with E-state index in [2.05, 4.69) is 10.3 Å². The third kappa shape index (κ3) is 5.69. The van der Waals surface area contributed by atoms with Gasteiger partial charge in [0.25, 0.3) is 5.91 Å². The molecule has 1 amide bonds. The summed E-state index contributed by atoms with van der Waals surface area (Å²) in [6.07, 6.45) is 3.82. The van der Waals surface area contributed by atoms with E-state index in [-0.39, 0.29) is 12.5 Å². The Morgan fingerprint density at radius 2 is 1.50 bits per heavy atom. The fraction of sp³-hybridized carbons (Fsp3) is 0.185. The van der Waals surface area contributed by atoms with Crippen LogP contribution in [0, 0.1) is 0 Å². The predicted octanol–water partition coefficient (Wildman–Crippen LogP) is 5.52. The van der Waals surface area contributed by atoms with Crippen molar-refractivity contribution >= 4 is 44.7 Å². The van der Waals surface area contributed by atoms with Crippen molar-refractivity contribution in [1.29, 1.82) is 0 Å². The summed E-state index contributed by atoms with van der Waals surface area (Å²) in [6, 6.07) is 16.9. The van der Waals surface area contributed by atoms with E-state index in [0.29, 0.717) is 33.9 Å². The fourth-order valence-corrected chi connectivity index (χ4v) is 4.41. The molecule has 9 heteroatoms. The number of benzene rings is 3. The monoisotopic (exact) mass is 506 g/mol. The normalized spacial score (nSPS) is 10.9. The summed E-state index contributed by atoms with van der Waals surface area (Å²) in [5, 5.41) is 3.31. The quantitative estimate of drug-likeness (QED) is 0.283. The van der Waals surface area contributed by atoms with E-state index < -0.39 is 0 Å². The average molecular weight is 507 g/mol. The van der Waals surface area contributed by atoms with Crippen LogP contribution in [0.3, 0.4) is 0 Å². The minimum absolute atomic E-state index is 0.188. The van der Waals surface area contributed by atoms with Crippen LogP contribution in [0.25, 0.3) is 22.4 Å². The number of fused-ring (bicyclic) bond motifs is 1. The van der Waals surface area contributed by atoms with E-state index in [0.717, 1.165) is 21.3 Å². The van der Waals surface area contributed by atoms with Gasteiger partial charge in [0.15, 0.2) is 34.7 Å². The van der Waals surface area contributed by atoms with Gasteiger partial charge in [-0.05, 0) is 47.5 Å². The van der Waals surface area contributed by atoms with Crippen LogP contribution in [0.15, 0.2) is 54.6 Å². The minimum Gasteiger partial charge on any atom is -0.493 e. The topological polar surface area (TPSA) is 88.1 Å². The van der Waals surface area contributed by atoms with Crippen molar-refractivity contribution in [3.8, 4) is 28.7 Å². The third-order valence-corrected chi connectivity index (χ3v) is 6.19. The molecule has 3 aromatic carbocycles. The lowest BCUT2D eigenvalue weighted by atomic mass is 10.1. The van der Waals surface area contributed by atoms with Gasteiger partial charge in [-0.25, -0.2) is 4.98 Å². The molecule has 4 rings (SSSR count). The molecule has 0 bridgehead atoms. The predicted molar refractivity (Wildman–Crippen MR) is 142 cm³/mol. The fourth-order valence-electron chi connectivity index (χ4n) is 3.52. The number of ether oxygens (including phenoxy) is 5. The average Bonchev–Trinajstić information content (AvgIpc) is 3.32. The highest BCUT2D eigenvalue weighted by molar-refractivity contribution is 7.22. The van der Waals surface area contributed by atoms with Crippen LogP contribution >= 0.6 is 11.3 Å². The maximum absolute atomic E-state index is 12.5. The number of amides is 1. The lowest BCUT2D eigenvalue weighted by molar-refractivity contribution is -0.118. The highest BCUT2D eigenvalue weighted by Crippen LogP contribution is 2.39. The number of nitrogens with one attached hydrogen (secondary N) is 1. The molecule has 0 spiro atoms. The molecular formula is C27H26N2O6S. The van der Waals surface area contributed by atoms with Crippen LogP contribution in [-0.2, 0) is 4.79 Å². The van der Waals surface area contributed by atoms with E-state index >= 15 is 0 Å². The van der Waals surface area contributed by atoms with Gasteiger partial charge in [-0.2, -0.15) is 0 Å². The van der Waals surface area contributed by atoms with Crippen molar-refractivity contribution in [2.45, 2.75) is 0 Å². The van der Waals surface area contributed by atoms with E-state index in [9.17, 15) is 4.79 Å². The van der Waals surface area contributed by atoms with E-state index in [1.54, 1.807) is 40.6 Å². The second kappa shape index (κ2) is 11.5. The second-order valence-corrected chi connectivity index (χ2v) is 8.56. The van der Waals surface area contributed by atoms with Crippen molar-refractivity contribution in [3.63, 3.8) is 0 Å². The van der Waals surface area contributed by atoms with Gasteiger partial charge in [-0.15, -0.1) is 0 Å². The van der Waals surface area contributed by atoms with Gasteiger partial charge in [0.2, 0.25) is 5.75 Å². The van der Waals surface area contributed by atoms with Gasteiger partial charge >= 0.3 is 0 Å². The molecule has 0 aliphatic heterocycles. The molecule has 186 valence electrons. The van der Waals surface area contributed by atoms with Crippen LogP contribution in [0.4, 0.5) is 5.13 Å². The number of thiazole rings is 1. The van der Waals surface area contributed by atoms with Crippen LogP contribution in [0.2, 0.25) is 0 Å². The number of carbonyl (C=O) groups is 1. The van der Waals surface area contributed by atoms with Crippen molar-refractivity contribution < 1.29 is 28.5 Å². The zero-order chi connectivity index (χ0) is 25.5. The first-order valence-electron chi connectivity index (χ1n) is 11.0. The largest absolute Gasteiger partial charge is 0.493 e. The first kappa shape index (κ1) is 24.9. The number of hydrogen-bond acceptors (Lipinski definition) is 8. The van der Waals surface area contributed by atoms with Gasteiger partial charge in [-0.1, -0.05) is 41.7 Å². The summed E-state index contributed by atoms with van der Waals surface area (Å²) in [5.41, 5.74) is 2.55. The molecule has 0 saturated carbocycles. The molecule has 0 aliphatic rings. The molecule has 36 heavy (non-hydrogen) atoms. The summed E-state index contributed by atoms with van der Waals surface area (Å²) < 4.78 is 28.4. The van der Waals surface area contributed by atoms with Crippen molar-refractivity contribution in [1.82, 2.24) is 4.98 Å². The Kier molecular flexibility index (Phi) is 7.92. The standard InChI is InChI=1S/C27H26N2O6S/c1-31-20-12-11-17(9-10-18-14-22(32-2)26(34-4)23(15-18)33-3)13-21(20)35-16-25(30)29-27-28-19-7-5-6-8-24(19)36-27/h5-15H,16H2,1-4H3,(H,28,29,30)/b10-9-. The first-order valence-corrected chi connectivity index (χ1v) is 11.8. The van der Waals surface area contributed by atoms with Crippen LogP contribution in [-0.4, -0.2) is 45.9 Å². The summed E-state index contributed by atoms with van der Waals surface area (Å²) in [5.74, 6) is 2.32. The number of carbonyl (C=O) groups excluding carboxylic acids is 1. The maximum Gasteiger partial charge on any atom is 0.264 e. The summed E-state index contributed by atoms with van der Waals surface area (Å²) >= 11 is 1.41. The molecule has 0 aliphatic carbocycles. The van der Waals surface area contributed by atoms with Gasteiger partial charge in [0.05, 0.1) is 38.7 Å². The summed E-state index contributed by atoms with van der Waals surface area (Å²) in [7, 11) is 6.26. The van der Waals surface area contributed by atoms with Crippen molar-refractivity contribution in [2.24, 2.45) is 0 Å². The number of hydrogen-bond donors (Lipinski definition) is 1. The minimum atomic E-state index is -0.311. The molecule has 4 aromatic rings. The van der Waals surface area contributed by atoms with Gasteiger partial charge in [0.1, 0.15) is 0 Å². The Hall–Kier alpha value is -4.24. The molecule has 0 fully saturated rings. The number of aromatic nitrogens is 1. The number of anilines is 1. The third-order valence-electron chi connectivity index (χ3n) is 5.24. The van der Waals surface area contributed by atoms with Crippen LogP contribution in [0.1, 0.15) is 11.1 Å². The lowest BCUT2D eigenvalue weighted by Crippen LogP contribution is -2.20. The van der Waals surface area contributed by atoms with Crippen molar-refractivity contribution in [2.75, 3.05) is 40.4 Å². The zero-order valence-electron chi connectivity index (χ0n) is 20.4. The summed E-state index contributed by atoms with van der Waals surface area (Å²) in [6.45, 7) is -0.188. The van der Waals surface area contributed by atoms with Gasteiger partial charge in [-0.3, -0.25) is 10.1 Å². The maximum atomic E-state index is 12.5. The molecule has 1 heterocycles. The number of nitrogens with zero attached hydrogens (tertiary/aromatic N) is 1. The van der Waals surface area contributed by atoms with Gasteiger partial charge in [0, 0.05) is 0 Å². The highest BCUT2D eigenvalue weighted by Gasteiger charge is 2.13. The van der Waals surface area contributed by atoms with Gasteiger partial charge < -0.3 is 23.7 Å². The number of rotatable bonds is 10. The number of para-hydroxylation sites is 1. The Balaban J connectivity index is 1.47. The van der Waals surface area contributed by atoms with E-state index in [1.807, 2.05) is 54.6 Å². The molecule has 0 unspecified atom stereocenters. The Morgan fingerprint density at radius 3 is 2.17 bits per heavy atom. The number of methoxy groups -OCH3 is 4. The van der Waals surface area contributed by atoms with Crippen LogP contribution < -0.4 is 29.0 Å². The Bertz CT molecular complexity index is 1340. The lowest BCUT2D eigenvalue weighted by Gasteiger charge is -2.13. The molecule has 0 radical (unpaired) electrons.